The molecule has 5 heteroatoms. The Hall–Kier alpha value is -2.82. The number of aryl methyl sites for hydroxylation is 1. The van der Waals surface area contributed by atoms with E-state index in [1.807, 2.05) is 45.0 Å². The van der Waals surface area contributed by atoms with E-state index in [-0.39, 0.29) is 11.8 Å². The Balaban J connectivity index is 1.92. The molecule has 0 aromatic heterocycles. The van der Waals surface area contributed by atoms with Crippen molar-refractivity contribution in [1.82, 2.24) is 4.90 Å². The van der Waals surface area contributed by atoms with Crippen molar-refractivity contribution in [3.63, 3.8) is 0 Å². The molecular formula is C22H28N2O3. The Morgan fingerprint density at radius 3 is 2.26 bits per heavy atom. The van der Waals surface area contributed by atoms with E-state index in [2.05, 4.69) is 5.32 Å². The van der Waals surface area contributed by atoms with Gasteiger partial charge in [0, 0.05) is 30.8 Å². The largest absolute Gasteiger partial charge is 0.494 e. The summed E-state index contributed by atoms with van der Waals surface area (Å²) >= 11 is 0. The van der Waals surface area contributed by atoms with Crippen LogP contribution in [0.25, 0.3) is 0 Å². The number of nitrogens with zero attached hydrogens (tertiary/aromatic N) is 1. The van der Waals surface area contributed by atoms with Crippen molar-refractivity contribution < 1.29 is 14.3 Å². The molecule has 0 aliphatic heterocycles. The average molecular weight is 368 g/mol. The fourth-order valence-corrected chi connectivity index (χ4v) is 2.87. The van der Waals surface area contributed by atoms with E-state index in [9.17, 15) is 9.59 Å². The summed E-state index contributed by atoms with van der Waals surface area (Å²) in [6.07, 6.45) is 0.977. The number of amides is 2. The van der Waals surface area contributed by atoms with Crippen molar-refractivity contribution in [2.75, 3.05) is 25.0 Å². The number of hydrogen-bond donors (Lipinski definition) is 1. The van der Waals surface area contributed by atoms with Gasteiger partial charge in [-0.25, -0.2) is 0 Å². The van der Waals surface area contributed by atoms with Gasteiger partial charge in [0.1, 0.15) is 5.75 Å². The molecule has 1 N–H and O–H groups in total. The number of carbonyl (C=O) groups excluding carboxylic acids is 2. The summed E-state index contributed by atoms with van der Waals surface area (Å²) in [4.78, 5) is 26.3. The van der Waals surface area contributed by atoms with Gasteiger partial charge in [0.25, 0.3) is 5.91 Å². The second-order valence-corrected chi connectivity index (χ2v) is 6.14. The molecule has 2 aromatic carbocycles. The van der Waals surface area contributed by atoms with Gasteiger partial charge >= 0.3 is 0 Å². The number of rotatable bonds is 9. The third kappa shape index (κ3) is 5.84. The molecule has 2 aromatic rings. The van der Waals surface area contributed by atoms with Crippen LogP contribution >= 0.6 is 0 Å². The third-order valence-electron chi connectivity index (χ3n) is 4.36. The fraction of sp³-hybridized carbons (Fsp3) is 0.364. The van der Waals surface area contributed by atoms with Gasteiger partial charge in [0.15, 0.2) is 0 Å². The molecule has 144 valence electrons. The molecule has 0 saturated carbocycles. The van der Waals surface area contributed by atoms with E-state index in [1.165, 1.54) is 0 Å². The molecule has 0 unspecified atom stereocenters. The molecule has 27 heavy (non-hydrogen) atoms. The van der Waals surface area contributed by atoms with Crippen LogP contribution in [0.2, 0.25) is 0 Å². The van der Waals surface area contributed by atoms with E-state index in [1.54, 1.807) is 29.2 Å². The zero-order valence-corrected chi connectivity index (χ0v) is 16.3. The number of para-hydroxylation sites is 1. The Morgan fingerprint density at radius 1 is 0.963 bits per heavy atom. The Bertz CT molecular complexity index is 752. The second kappa shape index (κ2) is 10.4. The predicted molar refractivity (Wildman–Crippen MR) is 108 cm³/mol. The van der Waals surface area contributed by atoms with Crippen LogP contribution in [-0.4, -0.2) is 36.4 Å². The van der Waals surface area contributed by atoms with Gasteiger partial charge in [0.2, 0.25) is 5.91 Å². The minimum absolute atomic E-state index is 0.00501. The number of ether oxygens (including phenoxy) is 1. The van der Waals surface area contributed by atoms with Crippen molar-refractivity contribution in [1.29, 1.82) is 0 Å². The van der Waals surface area contributed by atoms with Crippen LogP contribution in [0.5, 0.6) is 5.75 Å². The Labute approximate surface area is 161 Å². The van der Waals surface area contributed by atoms with Crippen molar-refractivity contribution in [2.24, 2.45) is 0 Å². The van der Waals surface area contributed by atoms with Gasteiger partial charge in [-0.05, 0) is 63.1 Å². The first-order valence-corrected chi connectivity index (χ1v) is 9.48. The number of hydrogen-bond acceptors (Lipinski definition) is 3. The van der Waals surface area contributed by atoms with Crippen molar-refractivity contribution in [3.8, 4) is 5.75 Å². The molecule has 2 amide bonds. The molecule has 0 radical (unpaired) electrons. The van der Waals surface area contributed by atoms with Crippen molar-refractivity contribution in [2.45, 2.75) is 33.6 Å². The number of anilines is 1. The highest BCUT2D eigenvalue weighted by molar-refractivity contribution is 5.95. The topological polar surface area (TPSA) is 58.6 Å². The summed E-state index contributed by atoms with van der Waals surface area (Å²) in [6.45, 7) is 7.81. The highest BCUT2D eigenvalue weighted by Gasteiger charge is 2.12. The van der Waals surface area contributed by atoms with Crippen LogP contribution in [0.15, 0.2) is 48.5 Å². The Kier molecular flexibility index (Phi) is 7.86. The van der Waals surface area contributed by atoms with Crippen molar-refractivity contribution in [3.05, 3.63) is 59.7 Å². The summed E-state index contributed by atoms with van der Waals surface area (Å²) in [5.41, 5.74) is 2.34. The molecule has 5 nitrogen and oxygen atoms in total. The standard InChI is InChI=1S/C22H28N2O3/c1-4-24(5-2)22(26)18-11-14-19(15-12-18)23-21(25)16-13-17-9-7-8-10-20(17)27-6-3/h7-12,14-15H,4-6,13,16H2,1-3H3,(H,23,25). The van der Waals surface area contributed by atoms with Crippen LogP contribution < -0.4 is 10.1 Å². The van der Waals surface area contributed by atoms with Crippen LogP contribution in [0.3, 0.4) is 0 Å². The first-order chi connectivity index (χ1) is 13.1. The van der Waals surface area contributed by atoms with Gasteiger partial charge in [-0.1, -0.05) is 18.2 Å². The van der Waals surface area contributed by atoms with Crippen molar-refractivity contribution >= 4 is 17.5 Å². The number of nitrogens with one attached hydrogen (secondary N) is 1. The fourth-order valence-electron chi connectivity index (χ4n) is 2.87. The van der Waals surface area contributed by atoms with Gasteiger partial charge in [0.05, 0.1) is 6.61 Å². The lowest BCUT2D eigenvalue weighted by molar-refractivity contribution is -0.116. The molecule has 0 aliphatic carbocycles. The lowest BCUT2D eigenvalue weighted by Gasteiger charge is -2.18. The van der Waals surface area contributed by atoms with Gasteiger partial charge < -0.3 is 15.0 Å². The van der Waals surface area contributed by atoms with Crippen LogP contribution in [-0.2, 0) is 11.2 Å². The summed E-state index contributed by atoms with van der Waals surface area (Å²) in [5.74, 6) is 0.765. The molecule has 0 aliphatic rings. The van der Waals surface area contributed by atoms with Crippen LogP contribution in [0, 0.1) is 0 Å². The maximum atomic E-state index is 12.3. The zero-order chi connectivity index (χ0) is 19.6. The SMILES string of the molecule is CCOc1ccccc1CCC(=O)Nc1ccc(C(=O)N(CC)CC)cc1. The van der Waals surface area contributed by atoms with E-state index in [4.69, 9.17) is 4.74 Å². The second-order valence-electron chi connectivity index (χ2n) is 6.14. The van der Waals surface area contributed by atoms with Crippen LogP contribution in [0.4, 0.5) is 5.69 Å². The van der Waals surface area contributed by atoms with E-state index in [0.717, 1.165) is 11.3 Å². The minimum Gasteiger partial charge on any atom is -0.494 e. The molecule has 0 spiro atoms. The summed E-state index contributed by atoms with van der Waals surface area (Å²) in [6, 6.07) is 14.8. The molecular weight excluding hydrogens is 340 g/mol. The monoisotopic (exact) mass is 368 g/mol. The van der Waals surface area contributed by atoms with E-state index in [0.29, 0.717) is 43.8 Å². The molecule has 0 bridgehead atoms. The smallest absolute Gasteiger partial charge is 0.253 e. The molecule has 0 atom stereocenters. The Morgan fingerprint density at radius 2 is 1.63 bits per heavy atom. The minimum atomic E-state index is -0.0656. The first-order valence-electron chi connectivity index (χ1n) is 9.48. The molecule has 0 heterocycles. The molecule has 0 saturated heterocycles. The lowest BCUT2D eigenvalue weighted by Crippen LogP contribution is -2.30. The predicted octanol–water partition coefficient (Wildman–Crippen LogP) is 4.14. The molecule has 2 rings (SSSR count). The average Bonchev–Trinajstić information content (AvgIpc) is 2.69. The quantitative estimate of drug-likeness (QED) is 0.724. The lowest BCUT2D eigenvalue weighted by atomic mass is 10.1. The highest BCUT2D eigenvalue weighted by Crippen LogP contribution is 2.20. The zero-order valence-electron chi connectivity index (χ0n) is 16.3. The third-order valence-corrected chi connectivity index (χ3v) is 4.36. The van der Waals surface area contributed by atoms with Crippen LogP contribution in [0.1, 0.15) is 43.1 Å². The van der Waals surface area contributed by atoms with E-state index < -0.39 is 0 Å². The first kappa shape index (κ1) is 20.5. The normalized spacial score (nSPS) is 10.3. The maximum Gasteiger partial charge on any atom is 0.253 e. The highest BCUT2D eigenvalue weighted by atomic mass is 16.5. The van der Waals surface area contributed by atoms with Gasteiger partial charge in [-0.15, -0.1) is 0 Å². The van der Waals surface area contributed by atoms with Gasteiger partial charge in [-0.3, -0.25) is 9.59 Å². The molecule has 0 fully saturated rings. The summed E-state index contributed by atoms with van der Waals surface area (Å²) in [7, 11) is 0. The van der Waals surface area contributed by atoms with Gasteiger partial charge in [-0.2, -0.15) is 0 Å². The van der Waals surface area contributed by atoms with E-state index >= 15 is 0 Å². The number of benzene rings is 2. The number of carbonyl (C=O) groups is 2. The summed E-state index contributed by atoms with van der Waals surface area (Å²) in [5, 5.41) is 2.88. The summed E-state index contributed by atoms with van der Waals surface area (Å²) < 4.78 is 5.59. The maximum absolute atomic E-state index is 12.3.